The Balaban J connectivity index is 1.63. The number of carbonyl (C=O) groups is 1. The Morgan fingerprint density at radius 2 is 2.15 bits per heavy atom. The van der Waals surface area contributed by atoms with Crippen LogP contribution in [0.4, 0.5) is 5.82 Å². The van der Waals surface area contributed by atoms with Gasteiger partial charge in [0.15, 0.2) is 0 Å². The molecule has 0 spiro atoms. The number of aromatic nitrogens is 3. The van der Waals surface area contributed by atoms with E-state index in [2.05, 4.69) is 20.3 Å². The van der Waals surface area contributed by atoms with E-state index in [1.165, 1.54) is 29.9 Å². The molecule has 3 aromatic heterocycles. The lowest BCUT2D eigenvalue weighted by Crippen LogP contribution is -2.33. The highest BCUT2D eigenvalue weighted by Gasteiger charge is 2.24. The number of carbonyl (C=O) groups excluding carboxylic acids is 1. The Labute approximate surface area is 201 Å². The molecule has 33 heavy (non-hydrogen) atoms. The van der Waals surface area contributed by atoms with Crippen LogP contribution in [0.2, 0.25) is 9.36 Å². The summed E-state index contributed by atoms with van der Waals surface area (Å²) >= 11 is 13.8. The van der Waals surface area contributed by atoms with Gasteiger partial charge in [-0.2, -0.15) is 0 Å². The third kappa shape index (κ3) is 4.45. The lowest BCUT2D eigenvalue weighted by Gasteiger charge is -2.27. The van der Waals surface area contributed by atoms with Gasteiger partial charge in [0, 0.05) is 29.5 Å². The maximum atomic E-state index is 13.0. The summed E-state index contributed by atoms with van der Waals surface area (Å²) in [4.78, 5) is 37.3. The number of ether oxygens (including phenoxy) is 2. The summed E-state index contributed by atoms with van der Waals surface area (Å²) in [6.45, 7) is 0.955. The SMILES string of the molecule is O=C(Nc1ccncn1)c1cc2c(OC[C@@H]3CCO3)c(-c3ccc(Cl)s3)c(=O)[nH]c2cc1Cl. The highest BCUT2D eigenvalue weighted by molar-refractivity contribution is 7.19. The quantitative estimate of drug-likeness (QED) is 0.393. The molecule has 0 radical (unpaired) electrons. The largest absolute Gasteiger partial charge is 0.489 e. The van der Waals surface area contributed by atoms with Gasteiger partial charge in [-0.1, -0.05) is 23.2 Å². The third-order valence-corrected chi connectivity index (χ3v) is 6.71. The lowest BCUT2D eigenvalue weighted by atomic mass is 10.1. The maximum absolute atomic E-state index is 13.0. The van der Waals surface area contributed by atoms with Crippen molar-refractivity contribution in [2.24, 2.45) is 0 Å². The first-order chi connectivity index (χ1) is 16.0. The molecular formula is C22H16Cl2N4O4S. The number of pyridine rings is 1. The van der Waals surface area contributed by atoms with Crippen LogP contribution in [0.15, 0.2) is 47.7 Å². The van der Waals surface area contributed by atoms with Crippen molar-refractivity contribution >= 4 is 57.2 Å². The van der Waals surface area contributed by atoms with Gasteiger partial charge in [-0.15, -0.1) is 11.3 Å². The van der Waals surface area contributed by atoms with Crippen molar-refractivity contribution in [1.82, 2.24) is 15.0 Å². The highest BCUT2D eigenvalue weighted by atomic mass is 35.5. The van der Waals surface area contributed by atoms with Gasteiger partial charge in [0.05, 0.1) is 32.1 Å². The van der Waals surface area contributed by atoms with Gasteiger partial charge in [0.2, 0.25) is 0 Å². The Kier molecular flexibility index (Phi) is 6.03. The van der Waals surface area contributed by atoms with Gasteiger partial charge in [-0.3, -0.25) is 9.59 Å². The predicted molar refractivity (Wildman–Crippen MR) is 128 cm³/mol. The van der Waals surface area contributed by atoms with Crippen molar-refractivity contribution < 1.29 is 14.3 Å². The van der Waals surface area contributed by atoms with Crippen LogP contribution in [0.5, 0.6) is 5.75 Å². The molecule has 0 bridgehead atoms. The average Bonchev–Trinajstić information content (AvgIpc) is 3.18. The van der Waals surface area contributed by atoms with E-state index < -0.39 is 5.91 Å². The Morgan fingerprint density at radius 1 is 1.30 bits per heavy atom. The first-order valence-electron chi connectivity index (χ1n) is 9.96. The number of halogens is 2. The zero-order chi connectivity index (χ0) is 22.9. The minimum absolute atomic E-state index is 0.0491. The fourth-order valence-electron chi connectivity index (χ4n) is 3.42. The fraction of sp³-hybridized carbons (Fsp3) is 0.182. The number of fused-ring (bicyclic) bond motifs is 1. The molecule has 0 aliphatic carbocycles. The summed E-state index contributed by atoms with van der Waals surface area (Å²) in [7, 11) is 0. The number of nitrogens with zero attached hydrogens (tertiary/aromatic N) is 2. The minimum atomic E-state index is -0.458. The summed E-state index contributed by atoms with van der Waals surface area (Å²) in [5.41, 5.74) is 0.636. The van der Waals surface area contributed by atoms with Gasteiger partial charge in [-0.05, 0) is 30.3 Å². The first-order valence-corrected chi connectivity index (χ1v) is 11.5. The smallest absolute Gasteiger partial charge is 0.260 e. The van der Waals surface area contributed by atoms with Crippen molar-refractivity contribution in [3.63, 3.8) is 0 Å². The molecule has 0 unspecified atom stereocenters. The Bertz CT molecular complexity index is 1400. The average molecular weight is 503 g/mol. The van der Waals surface area contributed by atoms with E-state index in [-0.39, 0.29) is 28.9 Å². The molecule has 2 N–H and O–H groups in total. The molecule has 5 rings (SSSR count). The zero-order valence-electron chi connectivity index (χ0n) is 16.9. The number of amides is 1. The van der Waals surface area contributed by atoms with Crippen molar-refractivity contribution in [2.75, 3.05) is 18.5 Å². The number of hydrogen-bond donors (Lipinski definition) is 2. The molecule has 1 atom stereocenters. The number of hydrogen-bond acceptors (Lipinski definition) is 7. The minimum Gasteiger partial charge on any atom is -0.489 e. The van der Waals surface area contributed by atoms with Gasteiger partial charge < -0.3 is 19.8 Å². The maximum Gasteiger partial charge on any atom is 0.260 e. The summed E-state index contributed by atoms with van der Waals surface area (Å²) in [6.07, 6.45) is 3.67. The second kappa shape index (κ2) is 9.11. The predicted octanol–water partition coefficient (Wildman–Crippen LogP) is 4.77. The van der Waals surface area contributed by atoms with Gasteiger partial charge in [-0.25, -0.2) is 9.97 Å². The molecule has 0 saturated carbocycles. The standard InChI is InChI=1S/C22H16Cl2N4O4S/c23-14-8-15-13(7-12(14)21(29)28-18-3-5-25-10-26-18)20(32-9-11-4-6-31-11)19(22(30)27-15)16-1-2-17(24)33-16/h1-3,5,7-8,10-11H,4,6,9H2,(H,27,30)(H,25,26,28,29)/t11-/m0/s1. The highest BCUT2D eigenvalue weighted by Crippen LogP contribution is 2.39. The second-order valence-corrected chi connectivity index (χ2v) is 9.40. The second-order valence-electron chi connectivity index (χ2n) is 7.28. The summed E-state index contributed by atoms with van der Waals surface area (Å²) in [6, 6.07) is 8.17. The molecule has 11 heteroatoms. The third-order valence-electron chi connectivity index (χ3n) is 5.15. The molecule has 4 heterocycles. The molecule has 8 nitrogen and oxygen atoms in total. The summed E-state index contributed by atoms with van der Waals surface area (Å²) in [5, 5.41) is 3.39. The van der Waals surface area contributed by atoms with Gasteiger partial charge >= 0.3 is 0 Å². The topological polar surface area (TPSA) is 106 Å². The molecule has 1 fully saturated rings. The van der Waals surface area contributed by atoms with E-state index in [1.54, 1.807) is 24.3 Å². The first kappa shape index (κ1) is 21.8. The van der Waals surface area contributed by atoms with E-state index in [4.69, 9.17) is 32.7 Å². The van der Waals surface area contributed by atoms with Gasteiger partial charge in [0.25, 0.3) is 11.5 Å². The molecule has 1 aromatic carbocycles. The number of anilines is 1. The molecule has 1 aliphatic rings. The number of thiophene rings is 1. The van der Waals surface area contributed by atoms with Crippen molar-refractivity contribution in [3.05, 3.63) is 68.1 Å². The molecule has 4 aromatic rings. The Morgan fingerprint density at radius 3 is 2.82 bits per heavy atom. The van der Waals surface area contributed by atoms with Crippen molar-refractivity contribution in [1.29, 1.82) is 0 Å². The Hall–Kier alpha value is -2.98. The molecule has 1 saturated heterocycles. The van der Waals surface area contributed by atoms with E-state index >= 15 is 0 Å². The fourth-order valence-corrected chi connectivity index (χ4v) is 4.76. The zero-order valence-corrected chi connectivity index (χ0v) is 19.3. The van der Waals surface area contributed by atoms with Crippen LogP contribution in [0.1, 0.15) is 16.8 Å². The summed E-state index contributed by atoms with van der Waals surface area (Å²) < 4.78 is 12.1. The van der Waals surface area contributed by atoms with Crippen LogP contribution in [0.25, 0.3) is 21.3 Å². The number of H-pyrrole nitrogens is 1. The van der Waals surface area contributed by atoms with Crippen LogP contribution in [0.3, 0.4) is 0 Å². The number of rotatable bonds is 6. The van der Waals surface area contributed by atoms with Gasteiger partial charge in [0.1, 0.15) is 24.5 Å². The normalized spacial score (nSPS) is 15.3. The molecule has 168 valence electrons. The number of aromatic amines is 1. The van der Waals surface area contributed by atoms with Crippen molar-refractivity contribution in [2.45, 2.75) is 12.5 Å². The van der Waals surface area contributed by atoms with Crippen LogP contribution < -0.4 is 15.6 Å². The molecule has 1 aliphatic heterocycles. The monoisotopic (exact) mass is 502 g/mol. The van der Waals surface area contributed by atoms with E-state index in [1.807, 2.05) is 0 Å². The molecular weight excluding hydrogens is 487 g/mol. The lowest BCUT2D eigenvalue weighted by molar-refractivity contribution is -0.0718. The van der Waals surface area contributed by atoms with E-state index in [0.29, 0.717) is 43.9 Å². The van der Waals surface area contributed by atoms with Crippen LogP contribution in [0, 0.1) is 0 Å². The van der Waals surface area contributed by atoms with Crippen LogP contribution in [-0.2, 0) is 4.74 Å². The number of nitrogens with one attached hydrogen (secondary N) is 2. The summed E-state index contributed by atoms with van der Waals surface area (Å²) in [5.74, 6) is 0.219. The molecule has 1 amide bonds. The van der Waals surface area contributed by atoms with E-state index in [0.717, 1.165) is 6.42 Å². The van der Waals surface area contributed by atoms with E-state index in [9.17, 15) is 9.59 Å². The number of benzene rings is 1. The van der Waals surface area contributed by atoms with Crippen LogP contribution in [-0.4, -0.2) is 40.2 Å². The van der Waals surface area contributed by atoms with Crippen molar-refractivity contribution in [3.8, 4) is 16.2 Å². The van der Waals surface area contributed by atoms with Crippen LogP contribution >= 0.6 is 34.5 Å².